The van der Waals surface area contributed by atoms with Crippen molar-refractivity contribution in [3.05, 3.63) is 164 Å². The van der Waals surface area contributed by atoms with Crippen molar-refractivity contribution in [1.82, 2.24) is 9.55 Å². The first kappa shape index (κ1) is 25.4. The Balaban J connectivity index is 1.19. The number of benzene rings is 6. The third-order valence-electron chi connectivity index (χ3n) is 8.69. The molecule has 0 atom stereocenters. The van der Waals surface area contributed by atoms with Gasteiger partial charge in [0.05, 0.1) is 11.0 Å². The summed E-state index contributed by atoms with van der Waals surface area (Å²) in [4.78, 5) is 6.67. The molecule has 9 rings (SSSR count). The topological polar surface area (TPSA) is 34.2 Å². The molecule has 0 amide bonds. The van der Waals surface area contributed by atoms with Crippen molar-refractivity contribution in [1.29, 1.82) is 0 Å². The van der Waals surface area contributed by atoms with Gasteiger partial charge in [-0.15, -0.1) is 0 Å². The average molecular weight is 578 g/mol. The van der Waals surface area contributed by atoms with Crippen molar-refractivity contribution in [2.24, 2.45) is 0 Å². The molecule has 0 aliphatic carbocycles. The molecular weight excluding hydrogens is 550 g/mol. The van der Waals surface area contributed by atoms with Gasteiger partial charge in [0.15, 0.2) is 0 Å². The SMILES string of the molecule is c1ccc(-c2ccc(N(c3ccc(-n4c5ccccc5c5ccccc54)cc3)c3ccc4oc5ccncc5c4c3)cc2)cc1. The summed E-state index contributed by atoms with van der Waals surface area (Å²) in [6, 6.07) is 53.7. The maximum atomic E-state index is 6.13. The summed E-state index contributed by atoms with van der Waals surface area (Å²) in [6.07, 6.45) is 3.65. The van der Waals surface area contributed by atoms with Gasteiger partial charge in [-0.1, -0.05) is 78.9 Å². The highest BCUT2D eigenvalue weighted by atomic mass is 16.3. The van der Waals surface area contributed by atoms with Crippen LogP contribution in [0.15, 0.2) is 168 Å². The number of hydrogen-bond acceptors (Lipinski definition) is 3. The molecule has 0 aliphatic heterocycles. The smallest absolute Gasteiger partial charge is 0.138 e. The Bertz CT molecular complexity index is 2420. The predicted octanol–water partition coefficient (Wildman–Crippen LogP) is 11.2. The Labute approximate surface area is 260 Å². The fourth-order valence-electron chi connectivity index (χ4n) is 6.58. The molecule has 0 saturated heterocycles. The van der Waals surface area contributed by atoms with Gasteiger partial charge in [0.25, 0.3) is 0 Å². The zero-order valence-electron chi connectivity index (χ0n) is 24.3. The number of pyridine rings is 1. The largest absolute Gasteiger partial charge is 0.456 e. The van der Waals surface area contributed by atoms with Crippen molar-refractivity contribution in [3.63, 3.8) is 0 Å². The molecule has 9 aromatic rings. The molecule has 6 aromatic carbocycles. The summed E-state index contributed by atoms with van der Waals surface area (Å²) in [5, 5.41) is 4.57. The van der Waals surface area contributed by atoms with Crippen LogP contribution in [-0.2, 0) is 0 Å². The average Bonchev–Trinajstić information content (AvgIpc) is 3.65. The van der Waals surface area contributed by atoms with Crippen LogP contribution in [0.5, 0.6) is 0 Å². The van der Waals surface area contributed by atoms with Gasteiger partial charge in [0.1, 0.15) is 11.2 Å². The lowest BCUT2D eigenvalue weighted by molar-refractivity contribution is 0.668. The Morgan fingerprint density at radius 3 is 1.76 bits per heavy atom. The van der Waals surface area contributed by atoms with E-state index in [4.69, 9.17) is 4.42 Å². The van der Waals surface area contributed by atoms with Gasteiger partial charge in [0, 0.05) is 56.7 Å². The molecule has 0 unspecified atom stereocenters. The Kier molecular flexibility index (Phi) is 5.78. The monoisotopic (exact) mass is 577 g/mol. The van der Waals surface area contributed by atoms with E-state index in [0.717, 1.165) is 44.7 Å². The van der Waals surface area contributed by atoms with Gasteiger partial charge in [-0.2, -0.15) is 0 Å². The highest BCUT2D eigenvalue weighted by Gasteiger charge is 2.17. The lowest BCUT2D eigenvalue weighted by Crippen LogP contribution is -2.10. The molecule has 0 spiro atoms. The van der Waals surface area contributed by atoms with Crippen LogP contribution in [0.2, 0.25) is 0 Å². The molecule has 3 aromatic heterocycles. The minimum absolute atomic E-state index is 0.839. The van der Waals surface area contributed by atoms with Crippen molar-refractivity contribution in [3.8, 4) is 16.8 Å². The molecule has 45 heavy (non-hydrogen) atoms. The number of anilines is 3. The second-order valence-electron chi connectivity index (χ2n) is 11.3. The first-order valence-electron chi connectivity index (χ1n) is 15.1. The minimum atomic E-state index is 0.839. The van der Waals surface area contributed by atoms with Gasteiger partial charge < -0.3 is 13.9 Å². The predicted molar refractivity (Wildman–Crippen MR) is 186 cm³/mol. The lowest BCUT2D eigenvalue weighted by Gasteiger charge is -2.26. The first-order chi connectivity index (χ1) is 22.3. The zero-order chi connectivity index (χ0) is 29.7. The molecule has 0 fully saturated rings. The van der Waals surface area contributed by atoms with Crippen molar-refractivity contribution < 1.29 is 4.42 Å². The van der Waals surface area contributed by atoms with Gasteiger partial charge in [-0.25, -0.2) is 0 Å². The van der Waals surface area contributed by atoms with Gasteiger partial charge >= 0.3 is 0 Å². The molecule has 212 valence electrons. The summed E-state index contributed by atoms with van der Waals surface area (Å²) < 4.78 is 8.48. The van der Waals surface area contributed by atoms with Gasteiger partial charge in [-0.05, 0) is 83.9 Å². The van der Waals surface area contributed by atoms with E-state index in [-0.39, 0.29) is 0 Å². The van der Waals surface area contributed by atoms with Gasteiger partial charge in [0.2, 0.25) is 0 Å². The van der Waals surface area contributed by atoms with E-state index in [2.05, 4.69) is 154 Å². The summed E-state index contributed by atoms with van der Waals surface area (Å²) in [7, 11) is 0. The maximum Gasteiger partial charge on any atom is 0.138 e. The Morgan fingerprint density at radius 1 is 0.467 bits per heavy atom. The van der Waals surface area contributed by atoms with E-state index in [0.29, 0.717) is 0 Å². The van der Waals surface area contributed by atoms with Crippen molar-refractivity contribution in [2.75, 3.05) is 4.90 Å². The normalized spacial score (nSPS) is 11.6. The third kappa shape index (κ3) is 4.19. The van der Waals surface area contributed by atoms with Crippen LogP contribution in [0.3, 0.4) is 0 Å². The number of furan rings is 1. The molecule has 4 nitrogen and oxygen atoms in total. The minimum Gasteiger partial charge on any atom is -0.456 e. The quantitative estimate of drug-likeness (QED) is 0.204. The third-order valence-corrected chi connectivity index (χ3v) is 8.69. The second kappa shape index (κ2) is 10.2. The van der Waals surface area contributed by atoms with E-state index in [1.165, 1.54) is 32.9 Å². The van der Waals surface area contributed by atoms with E-state index in [1.54, 1.807) is 6.20 Å². The number of aromatic nitrogens is 2. The molecule has 3 heterocycles. The van der Waals surface area contributed by atoms with Crippen LogP contribution in [-0.4, -0.2) is 9.55 Å². The molecule has 0 bridgehead atoms. The number of nitrogens with zero attached hydrogens (tertiary/aromatic N) is 3. The molecule has 0 radical (unpaired) electrons. The Hall–Kier alpha value is -6.13. The number of fused-ring (bicyclic) bond motifs is 6. The van der Waals surface area contributed by atoms with Crippen LogP contribution in [0.25, 0.3) is 60.6 Å². The summed E-state index contributed by atoms with van der Waals surface area (Å²) in [6.45, 7) is 0. The number of rotatable bonds is 5. The number of para-hydroxylation sites is 2. The fraction of sp³-hybridized carbons (Fsp3) is 0. The lowest BCUT2D eigenvalue weighted by atomic mass is 10.0. The highest BCUT2D eigenvalue weighted by Crippen LogP contribution is 2.40. The standard InChI is InChI=1S/C41H27N3O/c1-2-8-28(9-3-1)29-14-16-30(17-15-29)43(33-22-23-40-36(26-33)37-27-42-25-24-41(37)45-40)31-18-20-32(21-19-31)44-38-12-6-4-10-34(38)35-11-5-7-13-39(35)44/h1-27H. The van der Waals surface area contributed by atoms with Crippen LogP contribution >= 0.6 is 0 Å². The molecule has 0 aliphatic rings. The number of hydrogen-bond donors (Lipinski definition) is 0. The molecule has 0 saturated carbocycles. The van der Waals surface area contributed by atoms with Crippen LogP contribution < -0.4 is 4.90 Å². The summed E-state index contributed by atoms with van der Waals surface area (Å²) in [5.41, 5.74) is 10.8. The highest BCUT2D eigenvalue weighted by molar-refractivity contribution is 6.09. The first-order valence-corrected chi connectivity index (χ1v) is 15.1. The van der Waals surface area contributed by atoms with Gasteiger partial charge in [-0.3, -0.25) is 4.98 Å². The molecular formula is C41H27N3O. The summed E-state index contributed by atoms with van der Waals surface area (Å²) in [5.74, 6) is 0. The van der Waals surface area contributed by atoms with E-state index >= 15 is 0 Å². The van der Waals surface area contributed by atoms with E-state index in [1.807, 2.05) is 18.3 Å². The van der Waals surface area contributed by atoms with Crippen LogP contribution in [0.1, 0.15) is 0 Å². The summed E-state index contributed by atoms with van der Waals surface area (Å²) >= 11 is 0. The van der Waals surface area contributed by atoms with Crippen LogP contribution in [0, 0.1) is 0 Å². The van der Waals surface area contributed by atoms with Crippen LogP contribution in [0.4, 0.5) is 17.1 Å². The van der Waals surface area contributed by atoms with Crippen molar-refractivity contribution in [2.45, 2.75) is 0 Å². The Morgan fingerprint density at radius 2 is 1.04 bits per heavy atom. The van der Waals surface area contributed by atoms with E-state index in [9.17, 15) is 0 Å². The maximum absolute atomic E-state index is 6.13. The zero-order valence-corrected chi connectivity index (χ0v) is 24.3. The molecule has 4 heteroatoms. The van der Waals surface area contributed by atoms with Crippen molar-refractivity contribution >= 4 is 60.8 Å². The fourth-order valence-corrected chi connectivity index (χ4v) is 6.58. The van der Waals surface area contributed by atoms with E-state index < -0.39 is 0 Å². The molecule has 0 N–H and O–H groups in total. The second-order valence-corrected chi connectivity index (χ2v) is 11.3.